The Morgan fingerprint density at radius 1 is 1.35 bits per heavy atom. The number of esters is 1. The van der Waals surface area contributed by atoms with Crippen molar-refractivity contribution in [3.8, 4) is 11.1 Å². The van der Waals surface area contributed by atoms with Crippen molar-refractivity contribution < 1.29 is 9.53 Å². The van der Waals surface area contributed by atoms with E-state index in [2.05, 4.69) is 25.7 Å². The molecule has 0 aliphatic rings. The molecule has 0 radical (unpaired) electrons. The quantitative estimate of drug-likeness (QED) is 0.641. The molecule has 3 aromatic rings. The van der Waals surface area contributed by atoms with Crippen LogP contribution in [0, 0.1) is 6.92 Å². The molecule has 0 spiro atoms. The number of halogens is 1. The topological polar surface area (TPSA) is 61.2 Å². The number of rotatable bonds is 3. The van der Waals surface area contributed by atoms with E-state index in [9.17, 15) is 9.59 Å². The lowest BCUT2D eigenvalue weighted by Gasteiger charge is -2.05. The molecule has 0 aliphatic carbocycles. The van der Waals surface area contributed by atoms with E-state index in [1.54, 1.807) is 0 Å². The van der Waals surface area contributed by atoms with Crippen molar-refractivity contribution in [1.29, 1.82) is 0 Å². The number of thiophene rings is 1. The maximum atomic E-state index is 12.8. The first-order valence-electron chi connectivity index (χ1n) is 6.82. The molecule has 23 heavy (non-hydrogen) atoms. The molecule has 0 saturated carbocycles. The number of hydrogen-bond acceptors (Lipinski definition) is 5. The van der Waals surface area contributed by atoms with Crippen LogP contribution in [0.4, 0.5) is 0 Å². The highest BCUT2D eigenvalue weighted by atomic mass is 79.9. The van der Waals surface area contributed by atoms with E-state index in [4.69, 9.17) is 0 Å². The Bertz CT molecular complexity index is 944. The Kier molecular flexibility index (Phi) is 4.32. The molecule has 2 aromatic heterocycles. The number of aryl methyl sites for hydroxylation is 1. The highest BCUT2D eigenvalue weighted by Crippen LogP contribution is 2.35. The average molecular weight is 393 g/mol. The van der Waals surface area contributed by atoms with Crippen LogP contribution in [0.5, 0.6) is 0 Å². The first-order valence-corrected chi connectivity index (χ1v) is 8.43. The van der Waals surface area contributed by atoms with Crippen molar-refractivity contribution in [2.75, 3.05) is 7.11 Å². The summed E-state index contributed by atoms with van der Waals surface area (Å²) >= 11 is 4.88. The summed E-state index contributed by atoms with van der Waals surface area (Å²) in [6.07, 6.45) is 1.39. The lowest BCUT2D eigenvalue weighted by molar-refractivity contribution is -0.141. The van der Waals surface area contributed by atoms with Gasteiger partial charge >= 0.3 is 5.97 Å². The molecule has 1 aromatic carbocycles. The maximum absolute atomic E-state index is 12.8. The number of fused-ring (bicyclic) bond motifs is 1. The third-order valence-electron chi connectivity index (χ3n) is 3.51. The molecule has 0 saturated heterocycles. The molecule has 3 rings (SSSR count). The van der Waals surface area contributed by atoms with E-state index in [0.717, 1.165) is 20.5 Å². The van der Waals surface area contributed by atoms with E-state index in [1.807, 2.05) is 31.2 Å². The molecular formula is C16H13BrN2O3S. The summed E-state index contributed by atoms with van der Waals surface area (Å²) in [7, 11) is 1.29. The van der Waals surface area contributed by atoms with Gasteiger partial charge in [-0.1, -0.05) is 28.1 Å². The maximum Gasteiger partial charge on any atom is 0.325 e. The standard InChI is InChI=1S/C16H13BrN2O3S/c1-9-13(10-3-5-11(17)6-4-10)14-15(23-9)18-8-19(16(14)21)7-12(20)22-2/h3-6,8H,7H2,1-2H3. The van der Waals surface area contributed by atoms with Crippen LogP contribution in [0.1, 0.15) is 4.88 Å². The lowest BCUT2D eigenvalue weighted by atomic mass is 10.0. The van der Waals surface area contributed by atoms with Gasteiger partial charge in [-0.25, -0.2) is 4.98 Å². The zero-order chi connectivity index (χ0) is 16.6. The smallest absolute Gasteiger partial charge is 0.325 e. The molecule has 0 N–H and O–H groups in total. The molecule has 0 fully saturated rings. The van der Waals surface area contributed by atoms with Crippen molar-refractivity contribution in [3.63, 3.8) is 0 Å². The van der Waals surface area contributed by atoms with E-state index >= 15 is 0 Å². The van der Waals surface area contributed by atoms with Crippen LogP contribution in [-0.2, 0) is 16.1 Å². The summed E-state index contributed by atoms with van der Waals surface area (Å²) in [5.74, 6) is -0.481. The molecular weight excluding hydrogens is 380 g/mol. The second kappa shape index (κ2) is 6.25. The summed E-state index contributed by atoms with van der Waals surface area (Å²) in [4.78, 5) is 30.2. The van der Waals surface area contributed by atoms with Crippen molar-refractivity contribution in [1.82, 2.24) is 9.55 Å². The first-order chi connectivity index (χ1) is 11.0. The normalized spacial score (nSPS) is 10.9. The molecule has 0 atom stereocenters. The molecule has 0 bridgehead atoms. The molecule has 2 heterocycles. The van der Waals surface area contributed by atoms with Crippen LogP contribution in [-0.4, -0.2) is 22.6 Å². The van der Waals surface area contributed by atoms with Crippen molar-refractivity contribution >= 4 is 43.5 Å². The van der Waals surface area contributed by atoms with Gasteiger partial charge in [0.05, 0.1) is 18.8 Å². The van der Waals surface area contributed by atoms with Gasteiger partial charge in [-0.2, -0.15) is 0 Å². The Labute approximate surface area is 144 Å². The lowest BCUT2D eigenvalue weighted by Crippen LogP contribution is -2.25. The minimum absolute atomic E-state index is 0.146. The Morgan fingerprint density at radius 3 is 2.70 bits per heavy atom. The average Bonchev–Trinajstić information content (AvgIpc) is 2.88. The highest BCUT2D eigenvalue weighted by molar-refractivity contribution is 9.10. The minimum Gasteiger partial charge on any atom is -0.468 e. The third kappa shape index (κ3) is 2.94. The number of ether oxygens (including phenoxy) is 1. The largest absolute Gasteiger partial charge is 0.468 e. The first kappa shape index (κ1) is 15.9. The SMILES string of the molecule is COC(=O)Cn1cnc2sc(C)c(-c3ccc(Br)cc3)c2c1=O. The van der Waals surface area contributed by atoms with Crippen LogP contribution in [0.2, 0.25) is 0 Å². The van der Waals surface area contributed by atoms with Gasteiger partial charge in [-0.3, -0.25) is 14.2 Å². The van der Waals surface area contributed by atoms with Crippen LogP contribution in [0.15, 0.2) is 39.9 Å². The molecule has 0 unspecified atom stereocenters. The number of methoxy groups -OCH3 is 1. The summed E-state index contributed by atoms with van der Waals surface area (Å²) < 4.78 is 6.88. The van der Waals surface area contributed by atoms with Gasteiger partial charge in [-0.05, 0) is 24.6 Å². The fourth-order valence-electron chi connectivity index (χ4n) is 2.42. The molecule has 0 amide bonds. The fraction of sp³-hybridized carbons (Fsp3) is 0.188. The number of nitrogens with zero attached hydrogens (tertiary/aromatic N) is 2. The summed E-state index contributed by atoms with van der Waals surface area (Å²) in [6.45, 7) is 1.82. The van der Waals surface area contributed by atoms with Gasteiger partial charge in [0.2, 0.25) is 0 Å². The molecule has 5 nitrogen and oxygen atoms in total. The summed E-state index contributed by atoms with van der Waals surface area (Å²) in [5.41, 5.74) is 1.59. The summed E-state index contributed by atoms with van der Waals surface area (Å²) in [6, 6.07) is 7.77. The number of hydrogen-bond donors (Lipinski definition) is 0. The zero-order valence-electron chi connectivity index (χ0n) is 12.5. The monoisotopic (exact) mass is 392 g/mol. The predicted octanol–water partition coefficient (Wildman–Crippen LogP) is 3.37. The second-order valence-electron chi connectivity index (χ2n) is 4.97. The van der Waals surface area contributed by atoms with Crippen molar-refractivity contribution in [3.05, 3.63) is 50.3 Å². The number of carbonyl (C=O) groups excluding carboxylic acids is 1. The summed E-state index contributed by atoms with van der Waals surface area (Å²) in [5, 5.41) is 0.543. The third-order valence-corrected chi connectivity index (χ3v) is 5.06. The molecule has 7 heteroatoms. The minimum atomic E-state index is -0.481. The van der Waals surface area contributed by atoms with Crippen molar-refractivity contribution in [2.24, 2.45) is 0 Å². The Morgan fingerprint density at radius 2 is 2.04 bits per heavy atom. The van der Waals surface area contributed by atoms with E-state index in [0.29, 0.717) is 10.2 Å². The van der Waals surface area contributed by atoms with Gasteiger partial charge < -0.3 is 4.74 Å². The zero-order valence-corrected chi connectivity index (χ0v) is 14.9. The van der Waals surface area contributed by atoms with E-state index in [-0.39, 0.29) is 12.1 Å². The fourth-order valence-corrected chi connectivity index (χ4v) is 3.69. The van der Waals surface area contributed by atoms with Gasteiger partial charge in [0.25, 0.3) is 5.56 Å². The van der Waals surface area contributed by atoms with Crippen LogP contribution < -0.4 is 5.56 Å². The second-order valence-corrected chi connectivity index (χ2v) is 7.09. The van der Waals surface area contributed by atoms with Crippen LogP contribution in [0.25, 0.3) is 21.3 Å². The molecule has 0 aliphatic heterocycles. The number of carbonyl (C=O) groups is 1. The van der Waals surface area contributed by atoms with Gasteiger partial charge in [0, 0.05) is 14.9 Å². The highest BCUT2D eigenvalue weighted by Gasteiger charge is 2.17. The van der Waals surface area contributed by atoms with E-state index in [1.165, 1.54) is 29.3 Å². The van der Waals surface area contributed by atoms with Gasteiger partial charge in [0.1, 0.15) is 11.4 Å². The molecule has 118 valence electrons. The van der Waals surface area contributed by atoms with Crippen LogP contribution in [0.3, 0.4) is 0 Å². The van der Waals surface area contributed by atoms with Crippen molar-refractivity contribution in [2.45, 2.75) is 13.5 Å². The number of aromatic nitrogens is 2. The Hall–Kier alpha value is -1.99. The van der Waals surface area contributed by atoms with Gasteiger partial charge in [-0.15, -0.1) is 11.3 Å². The van der Waals surface area contributed by atoms with Crippen LogP contribution >= 0.6 is 27.3 Å². The van der Waals surface area contributed by atoms with Gasteiger partial charge in [0.15, 0.2) is 0 Å². The van der Waals surface area contributed by atoms with E-state index < -0.39 is 5.97 Å². The number of benzene rings is 1. The predicted molar refractivity (Wildman–Crippen MR) is 93.8 cm³/mol. The Balaban J connectivity index is 2.23.